The molecular weight excluding hydrogens is 596 g/mol. The lowest BCUT2D eigenvalue weighted by Gasteiger charge is -2.38. The summed E-state index contributed by atoms with van der Waals surface area (Å²) in [6.07, 6.45) is -0.721. The fraction of sp³-hybridized carbons (Fsp3) is 0.432. The Hall–Kier alpha value is -4.41. The van der Waals surface area contributed by atoms with Crippen molar-refractivity contribution in [2.75, 3.05) is 13.2 Å². The highest BCUT2D eigenvalue weighted by atomic mass is 16.5. The van der Waals surface area contributed by atoms with Gasteiger partial charge in [-0.25, -0.2) is 4.79 Å². The summed E-state index contributed by atoms with van der Waals surface area (Å²) in [5, 5.41) is 30.2. The van der Waals surface area contributed by atoms with Crippen LogP contribution < -0.4 is 20.7 Å². The van der Waals surface area contributed by atoms with E-state index in [-0.39, 0.29) is 37.3 Å². The highest BCUT2D eigenvalue weighted by molar-refractivity contribution is 5.88. The molecule has 0 saturated carbocycles. The fourth-order valence-corrected chi connectivity index (χ4v) is 6.13. The Balaban J connectivity index is 1.52. The lowest BCUT2D eigenvalue weighted by atomic mass is 9.92. The van der Waals surface area contributed by atoms with E-state index in [1.165, 1.54) is 4.90 Å². The van der Waals surface area contributed by atoms with Crippen molar-refractivity contribution in [1.82, 2.24) is 20.9 Å². The second kappa shape index (κ2) is 16.9. The van der Waals surface area contributed by atoms with Gasteiger partial charge in [-0.15, -0.1) is 0 Å². The van der Waals surface area contributed by atoms with E-state index in [1.807, 2.05) is 107 Å². The zero-order chi connectivity index (χ0) is 33.9. The maximum atomic E-state index is 13.8. The van der Waals surface area contributed by atoms with Gasteiger partial charge in [-0.1, -0.05) is 92.7 Å². The molecule has 4 amide bonds. The lowest BCUT2D eigenvalue weighted by molar-refractivity contribution is -0.129. The van der Waals surface area contributed by atoms with Crippen LogP contribution in [0.3, 0.4) is 0 Å². The summed E-state index contributed by atoms with van der Waals surface area (Å²) in [6.45, 7) is 7.62. The SMILES string of the molecule is Cc1cccc(C)c1OCC(=O)N[C@@H](Cc1ccccc1)[C@@H](O)C[C@H](Cc1ccccc1)NC(=O)C(C(C)C)N1CCC(O)NC1=O. The first-order valence-corrected chi connectivity index (χ1v) is 16.3. The smallest absolute Gasteiger partial charge is 0.320 e. The molecule has 4 rings (SSSR count). The quantitative estimate of drug-likeness (QED) is 0.171. The molecule has 10 heteroatoms. The van der Waals surface area contributed by atoms with Gasteiger partial charge in [0.2, 0.25) is 5.91 Å². The van der Waals surface area contributed by atoms with Gasteiger partial charge >= 0.3 is 6.03 Å². The third kappa shape index (κ3) is 10.3. The molecule has 1 heterocycles. The van der Waals surface area contributed by atoms with Crippen molar-refractivity contribution >= 4 is 17.8 Å². The third-order valence-electron chi connectivity index (χ3n) is 8.49. The van der Waals surface area contributed by atoms with Crippen LogP contribution in [0.2, 0.25) is 0 Å². The van der Waals surface area contributed by atoms with Crippen LogP contribution in [0.25, 0.3) is 0 Å². The van der Waals surface area contributed by atoms with Gasteiger partial charge in [0.25, 0.3) is 5.91 Å². The molecule has 1 fully saturated rings. The van der Waals surface area contributed by atoms with E-state index >= 15 is 0 Å². The van der Waals surface area contributed by atoms with Crippen LogP contribution in [-0.4, -0.2) is 76.6 Å². The molecule has 1 aliphatic rings. The topological polar surface area (TPSA) is 140 Å². The van der Waals surface area contributed by atoms with E-state index in [2.05, 4.69) is 16.0 Å². The number of carbonyl (C=O) groups excluding carboxylic acids is 3. The molecular formula is C37H48N4O6. The van der Waals surface area contributed by atoms with Gasteiger partial charge in [0, 0.05) is 19.0 Å². The standard InChI is InChI=1S/C37H48N4O6/c1-24(2)34(41-19-18-32(43)40-37(41)46)36(45)38-29(20-27-14-7-5-8-15-27)22-31(42)30(21-28-16-9-6-10-17-28)39-33(44)23-47-35-25(3)12-11-13-26(35)4/h5-17,24,29-32,34,42-43H,18-23H2,1-4H3,(H,38,45)(H,39,44)(H,40,46)/t29-,30-,31-,32?,34?/m0/s1. The van der Waals surface area contributed by atoms with Crippen LogP contribution in [0, 0.1) is 19.8 Å². The van der Waals surface area contributed by atoms with Gasteiger partial charge in [-0.3, -0.25) is 9.59 Å². The fourth-order valence-electron chi connectivity index (χ4n) is 6.13. The molecule has 3 aromatic carbocycles. The molecule has 1 aliphatic heterocycles. The zero-order valence-electron chi connectivity index (χ0n) is 27.7. The number of hydrogen-bond donors (Lipinski definition) is 5. The number of nitrogens with one attached hydrogen (secondary N) is 3. The normalized spacial score (nSPS) is 17.3. The number of para-hydroxylation sites is 1. The van der Waals surface area contributed by atoms with Crippen LogP contribution in [-0.2, 0) is 22.4 Å². The predicted molar refractivity (Wildman–Crippen MR) is 181 cm³/mol. The molecule has 0 bridgehead atoms. The molecule has 0 spiro atoms. The van der Waals surface area contributed by atoms with Crippen molar-refractivity contribution in [2.45, 2.75) is 83.8 Å². The van der Waals surface area contributed by atoms with E-state index in [1.54, 1.807) is 0 Å². The van der Waals surface area contributed by atoms with Crippen molar-refractivity contribution in [3.05, 3.63) is 101 Å². The number of rotatable bonds is 15. The number of urea groups is 1. The summed E-state index contributed by atoms with van der Waals surface area (Å²) in [6, 6.07) is 22.6. The molecule has 3 aromatic rings. The van der Waals surface area contributed by atoms with Crippen LogP contribution in [0.4, 0.5) is 4.79 Å². The largest absolute Gasteiger partial charge is 0.483 e. The second-order valence-electron chi connectivity index (χ2n) is 12.7. The van der Waals surface area contributed by atoms with Gasteiger partial charge in [0.1, 0.15) is 18.0 Å². The number of nitrogens with zero attached hydrogens (tertiary/aromatic N) is 1. The van der Waals surface area contributed by atoms with Crippen LogP contribution >= 0.6 is 0 Å². The van der Waals surface area contributed by atoms with E-state index in [0.29, 0.717) is 25.0 Å². The Kier molecular flexibility index (Phi) is 12.8. The van der Waals surface area contributed by atoms with Crippen molar-refractivity contribution in [3.63, 3.8) is 0 Å². The molecule has 10 nitrogen and oxygen atoms in total. The number of aliphatic hydroxyl groups excluding tert-OH is 2. The summed E-state index contributed by atoms with van der Waals surface area (Å²) in [4.78, 5) is 41.3. The maximum absolute atomic E-state index is 13.8. The number of aryl methyl sites for hydroxylation is 2. The van der Waals surface area contributed by atoms with Crippen LogP contribution in [0.1, 0.15) is 48.9 Å². The van der Waals surface area contributed by atoms with Gasteiger partial charge in [0.15, 0.2) is 6.61 Å². The second-order valence-corrected chi connectivity index (χ2v) is 12.7. The lowest BCUT2D eigenvalue weighted by Crippen LogP contribution is -2.61. The third-order valence-corrected chi connectivity index (χ3v) is 8.49. The van der Waals surface area contributed by atoms with E-state index in [9.17, 15) is 24.6 Å². The van der Waals surface area contributed by atoms with Crippen molar-refractivity contribution < 1.29 is 29.3 Å². The Bertz CT molecular complexity index is 1450. The summed E-state index contributed by atoms with van der Waals surface area (Å²) in [5.74, 6) is -0.259. The minimum absolute atomic E-state index is 0.145. The number of aliphatic hydroxyl groups is 2. The molecule has 0 aromatic heterocycles. The summed E-state index contributed by atoms with van der Waals surface area (Å²) in [7, 11) is 0. The summed E-state index contributed by atoms with van der Waals surface area (Å²) >= 11 is 0. The molecule has 5 N–H and O–H groups in total. The van der Waals surface area contributed by atoms with Gasteiger partial charge in [-0.2, -0.15) is 0 Å². The Morgan fingerprint density at radius 2 is 1.51 bits per heavy atom. The van der Waals surface area contributed by atoms with Crippen molar-refractivity contribution in [1.29, 1.82) is 0 Å². The molecule has 0 aliphatic carbocycles. The molecule has 1 saturated heterocycles. The monoisotopic (exact) mass is 644 g/mol. The maximum Gasteiger partial charge on any atom is 0.320 e. The first kappa shape index (κ1) is 35.4. The van der Waals surface area contributed by atoms with Crippen LogP contribution in [0.5, 0.6) is 5.75 Å². The van der Waals surface area contributed by atoms with Gasteiger partial charge in [0.05, 0.1) is 12.1 Å². The Morgan fingerprint density at radius 1 is 0.915 bits per heavy atom. The molecule has 0 radical (unpaired) electrons. The molecule has 47 heavy (non-hydrogen) atoms. The zero-order valence-corrected chi connectivity index (χ0v) is 27.7. The highest BCUT2D eigenvalue weighted by Crippen LogP contribution is 2.22. The predicted octanol–water partition coefficient (Wildman–Crippen LogP) is 3.65. The van der Waals surface area contributed by atoms with Gasteiger partial charge < -0.3 is 35.8 Å². The van der Waals surface area contributed by atoms with E-state index < -0.39 is 36.5 Å². The first-order chi connectivity index (χ1) is 22.5. The number of ether oxygens (including phenoxy) is 1. The Morgan fingerprint density at radius 3 is 2.09 bits per heavy atom. The van der Waals surface area contributed by atoms with Crippen molar-refractivity contribution in [2.24, 2.45) is 5.92 Å². The first-order valence-electron chi connectivity index (χ1n) is 16.3. The average molecular weight is 645 g/mol. The number of amides is 4. The highest BCUT2D eigenvalue weighted by Gasteiger charge is 2.37. The van der Waals surface area contributed by atoms with Crippen molar-refractivity contribution in [3.8, 4) is 5.75 Å². The molecule has 252 valence electrons. The molecule has 2 unspecified atom stereocenters. The minimum Gasteiger partial charge on any atom is -0.483 e. The number of carbonyl (C=O) groups is 3. The van der Waals surface area contributed by atoms with Gasteiger partial charge in [-0.05, 0) is 61.3 Å². The average Bonchev–Trinajstić information content (AvgIpc) is 3.02. The van der Waals surface area contributed by atoms with E-state index in [4.69, 9.17) is 4.74 Å². The summed E-state index contributed by atoms with van der Waals surface area (Å²) < 4.78 is 5.89. The molecule has 5 atom stereocenters. The summed E-state index contributed by atoms with van der Waals surface area (Å²) in [5.41, 5.74) is 3.76. The van der Waals surface area contributed by atoms with E-state index in [0.717, 1.165) is 22.3 Å². The number of benzene rings is 3. The van der Waals surface area contributed by atoms with Crippen LogP contribution in [0.15, 0.2) is 78.9 Å². The minimum atomic E-state index is -1.03. The Labute approximate surface area is 277 Å². The number of hydrogen-bond acceptors (Lipinski definition) is 6.